The molecule has 0 atom stereocenters. The Kier molecular flexibility index (Phi) is 4.48. The van der Waals surface area contributed by atoms with Crippen molar-refractivity contribution in [3.05, 3.63) is 24.3 Å². The van der Waals surface area contributed by atoms with Gasteiger partial charge in [0.2, 0.25) is 0 Å². The van der Waals surface area contributed by atoms with Crippen molar-refractivity contribution in [3.63, 3.8) is 0 Å². The summed E-state index contributed by atoms with van der Waals surface area (Å²) in [6.07, 6.45) is 4.09. The number of hydrogen-bond acceptors (Lipinski definition) is 3. The van der Waals surface area contributed by atoms with Crippen LogP contribution in [-0.4, -0.2) is 26.8 Å². The maximum absolute atomic E-state index is 5.71. The maximum atomic E-state index is 5.71. The van der Waals surface area contributed by atoms with E-state index in [1.54, 1.807) is 7.11 Å². The summed E-state index contributed by atoms with van der Waals surface area (Å²) in [6, 6.07) is 7.76. The number of nitrogens with one attached hydrogen (secondary N) is 1. The summed E-state index contributed by atoms with van der Waals surface area (Å²) < 4.78 is 10.9. The Balaban J connectivity index is 1.65. The normalized spacial score (nSPS) is 17.0. The highest BCUT2D eigenvalue weighted by Gasteiger charge is 2.30. The zero-order chi connectivity index (χ0) is 12.8. The average molecular weight is 249 g/mol. The van der Waals surface area contributed by atoms with E-state index in [-0.39, 0.29) is 0 Å². The number of benzene rings is 1. The van der Waals surface area contributed by atoms with Gasteiger partial charge in [0.1, 0.15) is 6.61 Å². The van der Waals surface area contributed by atoms with Crippen molar-refractivity contribution < 1.29 is 9.47 Å². The molecule has 0 amide bonds. The van der Waals surface area contributed by atoms with E-state index >= 15 is 0 Å². The van der Waals surface area contributed by atoms with E-state index in [0.29, 0.717) is 12.0 Å². The predicted octanol–water partition coefficient (Wildman–Crippen LogP) is 2.85. The minimum atomic E-state index is 0.532. The van der Waals surface area contributed by atoms with Crippen LogP contribution in [0.4, 0.5) is 0 Å². The number of ether oxygens (including phenoxy) is 2. The summed E-state index contributed by atoms with van der Waals surface area (Å²) in [5, 5.41) is 3.47. The molecule has 2 rings (SSSR count). The summed E-state index contributed by atoms with van der Waals surface area (Å²) in [5.41, 5.74) is 0.532. The Hall–Kier alpha value is -1.22. The molecule has 3 nitrogen and oxygen atoms in total. The monoisotopic (exact) mass is 249 g/mol. The highest BCUT2D eigenvalue weighted by atomic mass is 16.5. The molecule has 1 aliphatic carbocycles. The van der Waals surface area contributed by atoms with Crippen molar-refractivity contribution >= 4 is 0 Å². The van der Waals surface area contributed by atoms with Gasteiger partial charge in [-0.25, -0.2) is 0 Å². The Morgan fingerprint density at radius 3 is 2.56 bits per heavy atom. The molecule has 1 fully saturated rings. The lowest BCUT2D eigenvalue weighted by atomic mass is 9.70. The first-order chi connectivity index (χ1) is 8.73. The van der Waals surface area contributed by atoms with Crippen molar-refractivity contribution in [2.24, 2.45) is 5.41 Å². The fraction of sp³-hybridized carbons (Fsp3) is 0.600. The van der Waals surface area contributed by atoms with Gasteiger partial charge in [-0.05, 0) is 30.4 Å². The highest BCUT2D eigenvalue weighted by molar-refractivity contribution is 5.39. The van der Waals surface area contributed by atoms with Gasteiger partial charge in [-0.1, -0.05) is 25.5 Å². The lowest BCUT2D eigenvalue weighted by Crippen LogP contribution is -2.38. The van der Waals surface area contributed by atoms with E-state index in [1.807, 2.05) is 24.3 Å². The van der Waals surface area contributed by atoms with Gasteiger partial charge >= 0.3 is 0 Å². The van der Waals surface area contributed by atoms with Crippen LogP contribution in [0.15, 0.2) is 24.3 Å². The van der Waals surface area contributed by atoms with Crippen molar-refractivity contribution in [1.82, 2.24) is 5.32 Å². The average Bonchev–Trinajstić information content (AvgIpc) is 2.37. The largest absolute Gasteiger partial charge is 0.493 e. The molecule has 0 heterocycles. The third kappa shape index (κ3) is 3.39. The van der Waals surface area contributed by atoms with Gasteiger partial charge in [0.15, 0.2) is 11.5 Å². The molecule has 0 saturated heterocycles. The standard InChI is InChI=1S/C15H23NO2/c1-15(8-5-9-15)12-16-10-11-18-14-7-4-3-6-13(14)17-2/h3-4,6-7,16H,5,8-12H2,1-2H3. The zero-order valence-corrected chi connectivity index (χ0v) is 11.4. The van der Waals surface area contributed by atoms with Crippen LogP contribution in [0.2, 0.25) is 0 Å². The van der Waals surface area contributed by atoms with Gasteiger partial charge in [0, 0.05) is 13.1 Å². The van der Waals surface area contributed by atoms with Crippen molar-refractivity contribution in [2.75, 3.05) is 26.8 Å². The molecule has 1 saturated carbocycles. The van der Waals surface area contributed by atoms with Gasteiger partial charge in [-0.15, -0.1) is 0 Å². The zero-order valence-electron chi connectivity index (χ0n) is 11.4. The Bertz CT molecular complexity index is 375. The molecule has 0 aromatic heterocycles. The van der Waals surface area contributed by atoms with Gasteiger partial charge in [0.05, 0.1) is 7.11 Å². The molecule has 0 bridgehead atoms. The molecule has 100 valence electrons. The molecule has 0 radical (unpaired) electrons. The highest BCUT2D eigenvalue weighted by Crippen LogP contribution is 2.39. The minimum Gasteiger partial charge on any atom is -0.493 e. The van der Waals surface area contributed by atoms with E-state index in [0.717, 1.165) is 24.6 Å². The summed E-state index contributed by atoms with van der Waals surface area (Å²) in [4.78, 5) is 0. The number of rotatable bonds is 7. The van der Waals surface area contributed by atoms with Gasteiger partial charge < -0.3 is 14.8 Å². The minimum absolute atomic E-state index is 0.532. The van der Waals surface area contributed by atoms with Crippen LogP contribution in [-0.2, 0) is 0 Å². The van der Waals surface area contributed by atoms with Crippen LogP contribution in [0.5, 0.6) is 11.5 Å². The van der Waals surface area contributed by atoms with Gasteiger partial charge in [0.25, 0.3) is 0 Å². The number of methoxy groups -OCH3 is 1. The molecule has 1 aromatic carbocycles. The van der Waals surface area contributed by atoms with Crippen molar-refractivity contribution in [3.8, 4) is 11.5 Å². The summed E-state index contributed by atoms with van der Waals surface area (Å²) >= 11 is 0. The second-order valence-corrected chi connectivity index (χ2v) is 5.34. The molecular formula is C15H23NO2. The first-order valence-electron chi connectivity index (χ1n) is 6.70. The molecule has 0 unspecified atom stereocenters. The Morgan fingerprint density at radius 1 is 1.22 bits per heavy atom. The summed E-state index contributed by atoms with van der Waals surface area (Å²) in [7, 11) is 1.66. The Morgan fingerprint density at radius 2 is 1.94 bits per heavy atom. The molecule has 0 spiro atoms. The number of para-hydroxylation sites is 2. The van der Waals surface area contributed by atoms with Crippen molar-refractivity contribution in [2.45, 2.75) is 26.2 Å². The van der Waals surface area contributed by atoms with Crippen LogP contribution in [0.3, 0.4) is 0 Å². The van der Waals surface area contributed by atoms with Crippen LogP contribution in [0.25, 0.3) is 0 Å². The first kappa shape index (κ1) is 13.2. The van der Waals surface area contributed by atoms with E-state index in [1.165, 1.54) is 19.3 Å². The third-order valence-corrected chi connectivity index (χ3v) is 3.72. The second kappa shape index (κ2) is 6.10. The van der Waals surface area contributed by atoms with Crippen molar-refractivity contribution in [1.29, 1.82) is 0 Å². The predicted molar refractivity (Wildman–Crippen MR) is 73.3 cm³/mol. The van der Waals surface area contributed by atoms with E-state index in [4.69, 9.17) is 9.47 Å². The SMILES string of the molecule is COc1ccccc1OCCNCC1(C)CCC1. The van der Waals surface area contributed by atoms with Gasteiger partial charge in [-0.2, -0.15) is 0 Å². The van der Waals surface area contributed by atoms with E-state index in [9.17, 15) is 0 Å². The fourth-order valence-electron chi connectivity index (χ4n) is 2.32. The lowest BCUT2D eigenvalue weighted by Gasteiger charge is -2.38. The quantitative estimate of drug-likeness (QED) is 0.754. The third-order valence-electron chi connectivity index (χ3n) is 3.72. The molecule has 3 heteroatoms. The fourth-order valence-corrected chi connectivity index (χ4v) is 2.32. The van der Waals surface area contributed by atoms with E-state index in [2.05, 4.69) is 12.2 Å². The lowest BCUT2D eigenvalue weighted by molar-refractivity contribution is 0.153. The second-order valence-electron chi connectivity index (χ2n) is 5.34. The maximum Gasteiger partial charge on any atom is 0.161 e. The van der Waals surface area contributed by atoms with Crippen LogP contribution in [0, 0.1) is 5.41 Å². The number of hydrogen-bond donors (Lipinski definition) is 1. The van der Waals surface area contributed by atoms with Crippen LogP contribution < -0.4 is 14.8 Å². The molecular weight excluding hydrogens is 226 g/mol. The summed E-state index contributed by atoms with van der Waals surface area (Å²) in [5.74, 6) is 1.61. The van der Waals surface area contributed by atoms with Crippen LogP contribution in [0.1, 0.15) is 26.2 Å². The summed E-state index contributed by atoms with van der Waals surface area (Å²) in [6.45, 7) is 5.01. The molecule has 1 aliphatic rings. The molecule has 18 heavy (non-hydrogen) atoms. The topological polar surface area (TPSA) is 30.5 Å². The smallest absolute Gasteiger partial charge is 0.161 e. The van der Waals surface area contributed by atoms with E-state index < -0.39 is 0 Å². The van der Waals surface area contributed by atoms with Crippen LogP contribution >= 0.6 is 0 Å². The Labute approximate surface area is 109 Å². The first-order valence-corrected chi connectivity index (χ1v) is 6.70. The molecule has 1 aromatic rings. The van der Waals surface area contributed by atoms with Gasteiger partial charge in [-0.3, -0.25) is 0 Å². The molecule has 1 N–H and O–H groups in total. The molecule has 0 aliphatic heterocycles.